The summed E-state index contributed by atoms with van der Waals surface area (Å²) >= 11 is 0. The molecule has 1 heterocycles. The molecule has 1 fully saturated rings. The Bertz CT molecular complexity index is 1300. The van der Waals surface area contributed by atoms with E-state index in [2.05, 4.69) is 0 Å². The number of rotatable bonds is 6. The van der Waals surface area contributed by atoms with Crippen molar-refractivity contribution in [3.05, 3.63) is 112 Å². The van der Waals surface area contributed by atoms with Crippen LogP contribution in [0, 0.1) is 15.5 Å². The second kappa shape index (κ2) is 8.73. The molecule has 36 heavy (non-hydrogen) atoms. The van der Waals surface area contributed by atoms with Gasteiger partial charge in [-0.2, -0.15) is 0 Å². The van der Waals surface area contributed by atoms with Gasteiger partial charge in [0.15, 0.2) is 0 Å². The summed E-state index contributed by atoms with van der Waals surface area (Å²) in [5.74, 6) is -1.53. The van der Waals surface area contributed by atoms with E-state index in [4.69, 9.17) is 14.2 Å². The molecule has 0 radical (unpaired) electrons. The van der Waals surface area contributed by atoms with Gasteiger partial charge in [0.25, 0.3) is 5.69 Å². The van der Waals surface area contributed by atoms with Crippen LogP contribution in [0.1, 0.15) is 29.2 Å². The van der Waals surface area contributed by atoms with Crippen molar-refractivity contribution in [1.29, 1.82) is 0 Å². The molecule has 1 unspecified atom stereocenters. The van der Waals surface area contributed by atoms with Gasteiger partial charge < -0.3 is 14.2 Å². The maximum Gasteiger partial charge on any atom is 0.327 e. The minimum Gasteiger partial charge on any atom is -0.468 e. The molecule has 0 aromatic heterocycles. The minimum absolute atomic E-state index is 0.0587. The van der Waals surface area contributed by atoms with Gasteiger partial charge in [0.1, 0.15) is 5.60 Å². The van der Waals surface area contributed by atoms with Crippen LogP contribution in [0.2, 0.25) is 0 Å². The quantitative estimate of drug-likeness (QED) is 0.215. The van der Waals surface area contributed by atoms with Gasteiger partial charge in [-0.1, -0.05) is 60.7 Å². The summed E-state index contributed by atoms with van der Waals surface area (Å²) in [5, 5.41) is 11.2. The van der Waals surface area contributed by atoms with E-state index >= 15 is 0 Å². The molecular formula is C28H23NO7. The van der Waals surface area contributed by atoms with Crippen LogP contribution < -0.4 is 0 Å². The van der Waals surface area contributed by atoms with E-state index in [9.17, 15) is 19.7 Å². The summed E-state index contributed by atoms with van der Waals surface area (Å²) in [4.78, 5) is 37.8. The molecule has 182 valence electrons. The number of non-ortho nitro benzene ring substituents is 1. The Balaban J connectivity index is 1.72. The number of carbonyl (C=O) groups excluding carboxylic acids is 2. The molecule has 0 bridgehead atoms. The molecule has 3 aromatic carbocycles. The fourth-order valence-corrected chi connectivity index (χ4v) is 5.37. The van der Waals surface area contributed by atoms with Gasteiger partial charge in [0.2, 0.25) is 5.41 Å². The molecule has 1 spiro atoms. The number of carbonyl (C=O) groups is 2. The van der Waals surface area contributed by atoms with Crippen LogP contribution in [0.5, 0.6) is 0 Å². The molecule has 0 amide bonds. The first-order valence-corrected chi connectivity index (χ1v) is 11.4. The summed E-state index contributed by atoms with van der Waals surface area (Å²) in [6.45, 7) is 0. The Morgan fingerprint density at radius 1 is 0.833 bits per heavy atom. The van der Waals surface area contributed by atoms with Crippen LogP contribution in [0.25, 0.3) is 11.1 Å². The van der Waals surface area contributed by atoms with E-state index in [1.165, 1.54) is 26.4 Å². The number of nitro groups is 1. The summed E-state index contributed by atoms with van der Waals surface area (Å²) in [5.41, 5.74) is 0.279. The van der Waals surface area contributed by atoms with Crippen molar-refractivity contribution in [2.45, 2.75) is 18.1 Å². The summed E-state index contributed by atoms with van der Waals surface area (Å²) in [6.07, 6.45) is -0.791. The monoisotopic (exact) mass is 485 g/mol. The Morgan fingerprint density at radius 3 is 1.72 bits per heavy atom. The molecular weight excluding hydrogens is 462 g/mol. The highest BCUT2D eigenvalue weighted by Crippen LogP contribution is 2.73. The Labute approximate surface area is 207 Å². The molecule has 2 aliphatic rings. The number of methoxy groups -OCH3 is 2. The first-order valence-electron chi connectivity index (χ1n) is 11.4. The zero-order valence-corrected chi connectivity index (χ0v) is 19.7. The van der Waals surface area contributed by atoms with Crippen molar-refractivity contribution in [1.82, 2.24) is 0 Å². The summed E-state index contributed by atoms with van der Waals surface area (Å²) in [7, 11) is 2.46. The van der Waals surface area contributed by atoms with Crippen molar-refractivity contribution in [2.75, 3.05) is 14.2 Å². The lowest BCUT2D eigenvalue weighted by Gasteiger charge is -2.31. The van der Waals surface area contributed by atoms with Gasteiger partial charge in [0, 0.05) is 29.7 Å². The first-order chi connectivity index (χ1) is 17.4. The van der Waals surface area contributed by atoms with Gasteiger partial charge >= 0.3 is 11.9 Å². The lowest BCUT2D eigenvalue weighted by Crippen LogP contribution is -2.51. The van der Waals surface area contributed by atoms with Crippen LogP contribution in [0.15, 0.2) is 84.9 Å². The second-order valence-electron chi connectivity index (χ2n) is 8.71. The van der Waals surface area contributed by atoms with Gasteiger partial charge in [-0.05, 0) is 28.8 Å². The molecule has 0 N–H and O–H groups in total. The smallest absolute Gasteiger partial charge is 0.327 e. The number of nitro benzene ring substituents is 1. The van der Waals surface area contributed by atoms with Crippen LogP contribution in [-0.2, 0) is 23.8 Å². The normalized spacial score (nSPS) is 19.1. The standard InChI is InChI=1S/C28H23NO7/c1-34-25(30)27(26(31)35-2)17-22(18-13-15-21(16-14-18)29(32)33)36-28(27)23(19-9-5-3-6-10-19)24(28)20-11-7-4-8-12-20/h3-16,22H,17H2,1-2H3. The third-order valence-corrected chi connectivity index (χ3v) is 6.97. The van der Waals surface area contributed by atoms with Gasteiger partial charge in [0.05, 0.1) is 25.2 Å². The van der Waals surface area contributed by atoms with E-state index in [1.54, 1.807) is 12.1 Å². The predicted molar refractivity (Wildman–Crippen MR) is 130 cm³/mol. The average molecular weight is 485 g/mol. The van der Waals surface area contributed by atoms with Gasteiger partial charge in [-0.3, -0.25) is 19.7 Å². The van der Waals surface area contributed by atoms with E-state index in [0.29, 0.717) is 16.7 Å². The molecule has 1 saturated heterocycles. The Morgan fingerprint density at radius 2 is 1.31 bits per heavy atom. The van der Waals surface area contributed by atoms with Crippen molar-refractivity contribution >= 4 is 28.8 Å². The zero-order chi connectivity index (χ0) is 25.5. The van der Waals surface area contributed by atoms with E-state index < -0.39 is 34.0 Å². The third-order valence-electron chi connectivity index (χ3n) is 6.97. The zero-order valence-electron chi connectivity index (χ0n) is 19.7. The molecule has 8 heteroatoms. The molecule has 8 nitrogen and oxygen atoms in total. The number of hydrogen-bond donors (Lipinski definition) is 0. The maximum atomic E-state index is 13.5. The molecule has 1 atom stereocenters. The van der Waals surface area contributed by atoms with Gasteiger partial charge in [-0.15, -0.1) is 0 Å². The summed E-state index contributed by atoms with van der Waals surface area (Å²) in [6, 6.07) is 24.7. The molecule has 3 aromatic rings. The highest BCUT2D eigenvalue weighted by atomic mass is 16.6. The largest absolute Gasteiger partial charge is 0.468 e. The van der Waals surface area contributed by atoms with Crippen molar-refractivity contribution in [3.63, 3.8) is 0 Å². The van der Waals surface area contributed by atoms with Crippen molar-refractivity contribution in [3.8, 4) is 0 Å². The molecule has 1 aliphatic carbocycles. The third kappa shape index (κ3) is 3.25. The number of ether oxygens (including phenoxy) is 3. The first kappa shape index (κ1) is 23.4. The molecule has 5 rings (SSSR count). The highest BCUT2D eigenvalue weighted by molar-refractivity contribution is 6.25. The second-order valence-corrected chi connectivity index (χ2v) is 8.71. The van der Waals surface area contributed by atoms with Crippen molar-refractivity contribution < 1.29 is 28.7 Å². The van der Waals surface area contributed by atoms with Crippen LogP contribution >= 0.6 is 0 Å². The number of nitrogens with zero attached hydrogens (tertiary/aromatic N) is 1. The number of esters is 2. The van der Waals surface area contributed by atoms with Gasteiger partial charge in [-0.25, -0.2) is 0 Å². The molecule has 1 aliphatic heterocycles. The fraction of sp³-hybridized carbons (Fsp3) is 0.214. The number of hydrogen-bond acceptors (Lipinski definition) is 7. The number of benzene rings is 3. The molecule has 0 saturated carbocycles. The van der Waals surface area contributed by atoms with E-state index in [1.807, 2.05) is 60.7 Å². The Hall–Kier alpha value is -4.30. The lowest BCUT2D eigenvalue weighted by atomic mass is 9.72. The predicted octanol–water partition coefficient (Wildman–Crippen LogP) is 4.75. The van der Waals surface area contributed by atoms with Crippen LogP contribution in [0.4, 0.5) is 5.69 Å². The van der Waals surface area contributed by atoms with E-state index in [0.717, 1.165) is 11.1 Å². The van der Waals surface area contributed by atoms with Crippen LogP contribution in [-0.4, -0.2) is 36.7 Å². The van der Waals surface area contributed by atoms with E-state index in [-0.39, 0.29) is 12.1 Å². The summed E-state index contributed by atoms with van der Waals surface area (Å²) < 4.78 is 17.1. The van der Waals surface area contributed by atoms with Crippen molar-refractivity contribution in [2.24, 2.45) is 5.41 Å². The average Bonchev–Trinajstić information content (AvgIpc) is 3.46. The fourth-order valence-electron chi connectivity index (χ4n) is 5.37. The minimum atomic E-state index is -1.82. The SMILES string of the molecule is COC(=O)C1(C(=O)OC)CC(c2ccc([N+](=O)[O-])cc2)OC12C(c1ccccc1)=C2c1ccccc1. The topological polar surface area (TPSA) is 105 Å². The lowest BCUT2D eigenvalue weighted by molar-refractivity contribution is -0.384. The Kier molecular flexibility index (Phi) is 5.68. The van der Waals surface area contributed by atoms with Crippen LogP contribution in [0.3, 0.4) is 0 Å². The highest BCUT2D eigenvalue weighted by Gasteiger charge is 2.80. The maximum absolute atomic E-state index is 13.5.